The zero-order valence-electron chi connectivity index (χ0n) is 25.0. The average Bonchev–Trinajstić information content (AvgIpc) is 3.13. The standard InChI is InChI=1S/C31H49N3O5/c1-8-30-15-13-17-32(7)25(36)22(30)23-26(37)33(18-11-9-10-12-20-35)24-27(38)34(19-14-16-31(23,24)39-30)29(5,6)21-28(2,3)4/h13-16,22-24,35H,8-12,17-21H2,1-7H3/t22-,23-,24?,30+,31-/m0/s1. The highest BCUT2D eigenvalue weighted by atomic mass is 16.5. The number of ether oxygens (including phenoxy) is 1. The lowest BCUT2D eigenvalue weighted by Gasteiger charge is -2.45. The van der Waals surface area contributed by atoms with Crippen LogP contribution >= 0.6 is 0 Å². The highest BCUT2D eigenvalue weighted by molar-refractivity contribution is 6.00. The Kier molecular flexibility index (Phi) is 8.14. The molecule has 8 heteroatoms. The Morgan fingerprint density at radius 1 is 0.923 bits per heavy atom. The number of hydrogen-bond donors (Lipinski definition) is 1. The van der Waals surface area contributed by atoms with E-state index in [4.69, 9.17) is 4.74 Å². The van der Waals surface area contributed by atoms with Crippen LogP contribution in [0.5, 0.6) is 0 Å². The number of amides is 3. The van der Waals surface area contributed by atoms with Gasteiger partial charge in [-0.15, -0.1) is 0 Å². The van der Waals surface area contributed by atoms with Gasteiger partial charge in [0.1, 0.15) is 11.6 Å². The molecule has 4 heterocycles. The Morgan fingerprint density at radius 2 is 1.59 bits per heavy atom. The number of rotatable bonds is 9. The fourth-order valence-electron chi connectivity index (χ4n) is 7.81. The topological polar surface area (TPSA) is 90.4 Å². The molecule has 0 saturated carbocycles. The molecule has 0 aromatic rings. The molecule has 5 atom stereocenters. The average molecular weight is 544 g/mol. The van der Waals surface area contributed by atoms with E-state index in [2.05, 4.69) is 34.6 Å². The van der Waals surface area contributed by atoms with E-state index in [1.54, 1.807) is 16.8 Å². The molecule has 39 heavy (non-hydrogen) atoms. The summed E-state index contributed by atoms with van der Waals surface area (Å²) in [6.07, 6.45) is 12.4. The molecule has 1 unspecified atom stereocenters. The van der Waals surface area contributed by atoms with Crippen molar-refractivity contribution in [1.82, 2.24) is 14.7 Å². The van der Waals surface area contributed by atoms with Crippen molar-refractivity contribution in [2.24, 2.45) is 17.3 Å². The Balaban J connectivity index is 1.80. The number of carbonyl (C=O) groups excluding carboxylic acids is 3. The van der Waals surface area contributed by atoms with Gasteiger partial charge in [-0.3, -0.25) is 14.4 Å². The van der Waals surface area contributed by atoms with E-state index in [9.17, 15) is 19.5 Å². The Morgan fingerprint density at radius 3 is 2.23 bits per heavy atom. The molecular weight excluding hydrogens is 494 g/mol. The van der Waals surface area contributed by atoms with Crippen LogP contribution in [0.15, 0.2) is 24.3 Å². The number of likely N-dealkylation sites (N-methyl/N-ethyl adjacent to an activating group) is 1. The Bertz CT molecular complexity index is 1030. The summed E-state index contributed by atoms with van der Waals surface area (Å²) in [4.78, 5) is 48.2. The van der Waals surface area contributed by atoms with Crippen LogP contribution in [0.25, 0.3) is 0 Å². The largest absolute Gasteiger partial charge is 0.396 e. The monoisotopic (exact) mass is 543 g/mol. The van der Waals surface area contributed by atoms with Gasteiger partial charge in [-0.05, 0) is 44.9 Å². The fraction of sp³-hybridized carbons (Fsp3) is 0.774. The van der Waals surface area contributed by atoms with E-state index in [1.807, 2.05) is 36.1 Å². The highest BCUT2D eigenvalue weighted by Gasteiger charge is 2.75. The second-order valence-corrected chi connectivity index (χ2v) is 13.8. The molecule has 4 aliphatic rings. The molecule has 1 N–H and O–H groups in total. The van der Waals surface area contributed by atoms with Gasteiger partial charge in [0.05, 0.1) is 17.4 Å². The number of hydrogen-bond acceptors (Lipinski definition) is 5. The fourth-order valence-corrected chi connectivity index (χ4v) is 7.81. The van der Waals surface area contributed by atoms with Crippen molar-refractivity contribution >= 4 is 17.7 Å². The second-order valence-electron chi connectivity index (χ2n) is 13.8. The Labute approximate surface area is 234 Å². The van der Waals surface area contributed by atoms with Crippen LogP contribution < -0.4 is 0 Å². The van der Waals surface area contributed by atoms with Crippen LogP contribution in [0.1, 0.15) is 80.1 Å². The molecule has 0 aliphatic carbocycles. The molecule has 4 rings (SSSR count). The summed E-state index contributed by atoms with van der Waals surface area (Å²) < 4.78 is 7.01. The first-order valence-electron chi connectivity index (χ1n) is 14.8. The number of likely N-dealkylation sites (tertiary alicyclic amines) is 1. The third-order valence-electron chi connectivity index (χ3n) is 9.14. The number of unbranched alkanes of at least 4 members (excludes halogenated alkanes) is 3. The van der Waals surface area contributed by atoms with Gasteiger partial charge in [0.2, 0.25) is 17.7 Å². The minimum atomic E-state index is -1.20. The first-order valence-corrected chi connectivity index (χ1v) is 14.8. The van der Waals surface area contributed by atoms with Gasteiger partial charge in [-0.1, -0.05) is 64.8 Å². The van der Waals surface area contributed by atoms with E-state index >= 15 is 0 Å². The van der Waals surface area contributed by atoms with E-state index < -0.39 is 34.6 Å². The zero-order valence-corrected chi connectivity index (χ0v) is 25.0. The quantitative estimate of drug-likeness (QED) is 0.355. The van der Waals surface area contributed by atoms with Gasteiger partial charge < -0.3 is 24.5 Å². The minimum absolute atomic E-state index is 0.00300. The maximum atomic E-state index is 14.7. The van der Waals surface area contributed by atoms with E-state index in [-0.39, 0.29) is 29.7 Å². The summed E-state index contributed by atoms with van der Waals surface area (Å²) in [5.74, 6) is -1.81. The molecule has 3 amide bonds. The third-order valence-corrected chi connectivity index (χ3v) is 9.14. The maximum absolute atomic E-state index is 14.7. The lowest BCUT2D eigenvalue weighted by atomic mass is 9.73. The van der Waals surface area contributed by atoms with Gasteiger partial charge in [-0.2, -0.15) is 0 Å². The Hall–Kier alpha value is -2.19. The third kappa shape index (κ3) is 5.08. The molecule has 2 saturated heterocycles. The first kappa shape index (κ1) is 29.8. The van der Waals surface area contributed by atoms with Crippen LogP contribution in [0.2, 0.25) is 0 Å². The molecule has 8 nitrogen and oxygen atoms in total. The predicted molar refractivity (Wildman–Crippen MR) is 151 cm³/mol. The van der Waals surface area contributed by atoms with Crippen LogP contribution in [0.4, 0.5) is 0 Å². The molecule has 0 radical (unpaired) electrons. The van der Waals surface area contributed by atoms with Gasteiger partial charge in [0, 0.05) is 38.8 Å². The van der Waals surface area contributed by atoms with Crippen LogP contribution in [0.3, 0.4) is 0 Å². The minimum Gasteiger partial charge on any atom is -0.396 e. The van der Waals surface area contributed by atoms with Crippen LogP contribution in [-0.4, -0.2) is 93.6 Å². The summed E-state index contributed by atoms with van der Waals surface area (Å²) in [5, 5.41) is 9.18. The number of fused-ring (bicyclic) bond motifs is 2. The number of nitrogens with zero attached hydrogens (tertiary/aromatic N) is 3. The highest BCUT2D eigenvalue weighted by Crippen LogP contribution is 2.58. The van der Waals surface area contributed by atoms with Gasteiger partial charge >= 0.3 is 0 Å². The van der Waals surface area contributed by atoms with Crippen molar-refractivity contribution in [2.75, 3.05) is 33.3 Å². The van der Waals surface area contributed by atoms with Crippen molar-refractivity contribution in [2.45, 2.75) is 103 Å². The smallest absolute Gasteiger partial charge is 0.249 e. The van der Waals surface area contributed by atoms with Crippen molar-refractivity contribution in [3.63, 3.8) is 0 Å². The van der Waals surface area contributed by atoms with Gasteiger partial charge in [-0.25, -0.2) is 0 Å². The summed E-state index contributed by atoms with van der Waals surface area (Å²) in [6, 6.07) is -0.826. The van der Waals surface area contributed by atoms with Crippen molar-refractivity contribution in [3.8, 4) is 0 Å². The van der Waals surface area contributed by atoms with Crippen molar-refractivity contribution in [3.05, 3.63) is 24.3 Å². The zero-order chi connectivity index (χ0) is 28.8. The van der Waals surface area contributed by atoms with Gasteiger partial charge in [0.25, 0.3) is 0 Å². The van der Waals surface area contributed by atoms with Gasteiger partial charge in [0.15, 0.2) is 0 Å². The molecular formula is C31H49N3O5. The maximum Gasteiger partial charge on any atom is 0.249 e. The summed E-state index contributed by atoms with van der Waals surface area (Å²) in [6.45, 7) is 14.2. The first-order chi connectivity index (χ1) is 18.2. The molecule has 1 spiro atoms. The number of aliphatic hydroxyl groups excluding tert-OH is 1. The van der Waals surface area contributed by atoms with E-state index in [0.29, 0.717) is 26.1 Å². The predicted octanol–water partition coefficient (Wildman–Crippen LogP) is 3.54. The second kappa shape index (κ2) is 10.7. The van der Waals surface area contributed by atoms with Crippen LogP contribution in [-0.2, 0) is 19.1 Å². The summed E-state index contributed by atoms with van der Waals surface area (Å²) in [5.41, 5.74) is -2.58. The normalized spacial score (nSPS) is 32.9. The number of carbonyl (C=O) groups is 3. The van der Waals surface area contributed by atoms with E-state index in [1.165, 1.54) is 0 Å². The summed E-state index contributed by atoms with van der Waals surface area (Å²) >= 11 is 0. The lowest BCUT2D eigenvalue weighted by Crippen LogP contribution is -2.60. The summed E-state index contributed by atoms with van der Waals surface area (Å²) in [7, 11) is 1.77. The molecule has 2 fully saturated rings. The molecule has 0 aromatic heterocycles. The molecule has 0 aromatic carbocycles. The lowest BCUT2D eigenvalue weighted by molar-refractivity contribution is -0.157. The molecule has 4 aliphatic heterocycles. The van der Waals surface area contributed by atoms with Crippen molar-refractivity contribution in [1.29, 1.82) is 0 Å². The SMILES string of the molecule is CC[C@@]12C=CCN(C)C(=O)[C@@H]1[C@H]1C(=O)N(CCCCCCO)C3C(=O)N(C(C)(C)CC(C)(C)C)CC=C[C@@]31O2. The number of aliphatic hydroxyl groups is 1. The molecule has 0 bridgehead atoms. The van der Waals surface area contributed by atoms with E-state index in [0.717, 1.165) is 32.1 Å². The van der Waals surface area contributed by atoms with Crippen molar-refractivity contribution < 1.29 is 24.2 Å². The molecule has 218 valence electrons. The van der Waals surface area contributed by atoms with Crippen LogP contribution in [0, 0.1) is 17.3 Å².